The third-order valence-electron chi connectivity index (χ3n) is 3.32. The number of hydrogen-bond donors (Lipinski definition) is 1. The van der Waals surface area contributed by atoms with Crippen LogP contribution in [-0.4, -0.2) is 15.9 Å². The number of phenolic OH excluding ortho intramolecular Hbond substituents is 1. The van der Waals surface area contributed by atoms with Gasteiger partial charge in [-0.1, -0.05) is 18.2 Å². The van der Waals surface area contributed by atoms with Crippen LogP contribution < -0.4 is 0 Å². The van der Waals surface area contributed by atoms with Gasteiger partial charge in [0.05, 0.1) is 17.6 Å². The number of benzene rings is 2. The standard InChI is InChI=1S/C18H16N2O/c1-14-7-10-17(20(14)16-5-3-2-4-6-16)13-19-15-8-11-18(21)12-9-15/h2-13,21H,1H3. The summed E-state index contributed by atoms with van der Waals surface area (Å²) >= 11 is 0. The maximum atomic E-state index is 9.28. The molecule has 0 bridgehead atoms. The number of aryl methyl sites for hydroxylation is 1. The van der Waals surface area contributed by atoms with Crippen LogP contribution in [0.3, 0.4) is 0 Å². The summed E-state index contributed by atoms with van der Waals surface area (Å²) in [6.45, 7) is 2.07. The summed E-state index contributed by atoms with van der Waals surface area (Å²) in [7, 11) is 0. The van der Waals surface area contributed by atoms with E-state index >= 15 is 0 Å². The molecule has 2 aromatic carbocycles. The Morgan fingerprint density at radius 2 is 1.62 bits per heavy atom. The molecule has 0 aliphatic carbocycles. The molecule has 3 rings (SSSR count). The van der Waals surface area contributed by atoms with E-state index in [2.05, 4.69) is 34.7 Å². The lowest BCUT2D eigenvalue weighted by Crippen LogP contribution is -2.00. The zero-order chi connectivity index (χ0) is 14.7. The highest BCUT2D eigenvalue weighted by atomic mass is 16.3. The molecule has 0 saturated heterocycles. The summed E-state index contributed by atoms with van der Waals surface area (Å²) in [5.74, 6) is 0.248. The fraction of sp³-hybridized carbons (Fsp3) is 0.0556. The maximum Gasteiger partial charge on any atom is 0.115 e. The number of nitrogens with zero attached hydrogens (tertiary/aromatic N) is 2. The monoisotopic (exact) mass is 276 g/mol. The lowest BCUT2D eigenvalue weighted by Gasteiger charge is -2.08. The minimum atomic E-state index is 0.248. The van der Waals surface area contributed by atoms with Crippen LogP contribution in [0.5, 0.6) is 5.75 Å². The van der Waals surface area contributed by atoms with E-state index in [4.69, 9.17) is 0 Å². The van der Waals surface area contributed by atoms with E-state index in [9.17, 15) is 5.11 Å². The lowest BCUT2D eigenvalue weighted by atomic mass is 10.3. The first-order valence-electron chi connectivity index (χ1n) is 6.81. The first-order valence-corrected chi connectivity index (χ1v) is 6.81. The molecule has 1 N–H and O–H groups in total. The smallest absolute Gasteiger partial charge is 0.115 e. The molecule has 3 aromatic rings. The lowest BCUT2D eigenvalue weighted by molar-refractivity contribution is 0.475. The van der Waals surface area contributed by atoms with Crippen molar-refractivity contribution in [1.29, 1.82) is 0 Å². The molecule has 0 unspecified atom stereocenters. The van der Waals surface area contributed by atoms with E-state index < -0.39 is 0 Å². The van der Waals surface area contributed by atoms with Crippen molar-refractivity contribution in [3.63, 3.8) is 0 Å². The molecule has 0 spiro atoms. The van der Waals surface area contributed by atoms with Crippen molar-refractivity contribution in [2.75, 3.05) is 0 Å². The van der Waals surface area contributed by atoms with E-state index in [1.165, 1.54) is 0 Å². The van der Waals surface area contributed by atoms with Crippen molar-refractivity contribution in [2.45, 2.75) is 6.92 Å². The molecule has 0 saturated carbocycles. The molecule has 0 aliphatic rings. The average molecular weight is 276 g/mol. The number of aromatic hydroxyl groups is 1. The van der Waals surface area contributed by atoms with Gasteiger partial charge in [0.2, 0.25) is 0 Å². The van der Waals surface area contributed by atoms with Crippen LogP contribution in [0.25, 0.3) is 5.69 Å². The second kappa shape index (κ2) is 5.67. The van der Waals surface area contributed by atoms with Gasteiger partial charge in [-0.25, -0.2) is 0 Å². The Bertz CT molecular complexity index is 756. The summed E-state index contributed by atoms with van der Waals surface area (Å²) < 4.78 is 2.16. The molecule has 104 valence electrons. The van der Waals surface area contributed by atoms with Crippen LogP contribution in [0.2, 0.25) is 0 Å². The predicted molar refractivity (Wildman–Crippen MR) is 85.9 cm³/mol. The molecule has 1 heterocycles. The maximum absolute atomic E-state index is 9.28. The van der Waals surface area contributed by atoms with E-state index in [1.807, 2.05) is 30.5 Å². The Balaban J connectivity index is 1.95. The average Bonchev–Trinajstić information content (AvgIpc) is 2.88. The van der Waals surface area contributed by atoms with Crippen molar-refractivity contribution in [2.24, 2.45) is 4.99 Å². The van der Waals surface area contributed by atoms with E-state index in [1.54, 1.807) is 24.3 Å². The van der Waals surface area contributed by atoms with Crippen LogP contribution in [0.4, 0.5) is 5.69 Å². The second-order valence-corrected chi connectivity index (χ2v) is 4.85. The third kappa shape index (κ3) is 2.87. The Morgan fingerprint density at radius 3 is 2.33 bits per heavy atom. The molecule has 1 aromatic heterocycles. The van der Waals surface area contributed by atoms with E-state index in [-0.39, 0.29) is 5.75 Å². The largest absolute Gasteiger partial charge is 0.508 e. The van der Waals surface area contributed by atoms with E-state index in [0.717, 1.165) is 22.8 Å². The fourth-order valence-electron chi connectivity index (χ4n) is 2.27. The molecular weight excluding hydrogens is 260 g/mol. The zero-order valence-corrected chi connectivity index (χ0v) is 11.8. The predicted octanol–water partition coefficient (Wildman–Crippen LogP) is 4.24. The van der Waals surface area contributed by atoms with Crippen LogP contribution in [0.1, 0.15) is 11.4 Å². The second-order valence-electron chi connectivity index (χ2n) is 4.85. The van der Waals surface area contributed by atoms with Gasteiger partial charge in [0.25, 0.3) is 0 Å². The van der Waals surface area contributed by atoms with Crippen molar-refractivity contribution < 1.29 is 5.11 Å². The van der Waals surface area contributed by atoms with Crippen LogP contribution in [0.15, 0.2) is 71.7 Å². The number of rotatable bonds is 3. The molecule has 0 atom stereocenters. The van der Waals surface area contributed by atoms with Gasteiger partial charge in [0.15, 0.2) is 0 Å². The highest BCUT2D eigenvalue weighted by Crippen LogP contribution is 2.18. The Kier molecular flexibility index (Phi) is 3.56. The zero-order valence-electron chi connectivity index (χ0n) is 11.8. The number of para-hydroxylation sites is 1. The van der Waals surface area contributed by atoms with Gasteiger partial charge in [-0.3, -0.25) is 4.99 Å². The number of phenols is 1. The van der Waals surface area contributed by atoms with Gasteiger partial charge < -0.3 is 9.67 Å². The van der Waals surface area contributed by atoms with Crippen molar-refractivity contribution >= 4 is 11.9 Å². The molecule has 3 heteroatoms. The molecule has 0 radical (unpaired) electrons. The fourth-order valence-corrected chi connectivity index (χ4v) is 2.27. The Morgan fingerprint density at radius 1 is 0.905 bits per heavy atom. The summed E-state index contributed by atoms with van der Waals surface area (Å²) in [4.78, 5) is 4.46. The summed E-state index contributed by atoms with van der Waals surface area (Å²) in [5.41, 5.74) is 4.11. The summed E-state index contributed by atoms with van der Waals surface area (Å²) in [6.07, 6.45) is 1.84. The van der Waals surface area contributed by atoms with Crippen LogP contribution in [-0.2, 0) is 0 Å². The van der Waals surface area contributed by atoms with Crippen molar-refractivity contribution in [3.8, 4) is 11.4 Å². The minimum Gasteiger partial charge on any atom is -0.508 e. The molecular formula is C18H16N2O. The van der Waals surface area contributed by atoms with Gasteiger partial charge in [-0.15, -0.1) is 0 Å². The van der Waals surface area contributed by atoms with Crippen molar-refractivity contribution in [3.05, 3.63) is 78.1 Å². The number of hydrogen-bond acceptors (Lipinski definition) is 2. The minimum absolute atomic E-state index is 0.248. The van der Waals surface area contributed by atoms with Crippen LogP contribution >= 0.6 is 0 Å². The molecule has 0 aliphatic heterocycles. The van der Waals surface area contributed by atoms with Gasteiger partial charge in [-0.2, -0.15) is 0 Å². The first kappa shape index (κ1) is 13.2. The normalized spacial score (nSPS) is 11.1. The summed E-state index contributed by atoms with van der Waals surface area (Å²) in [6, 6.07) is 21.2. The van der Waals surface area contributed by atoms with Crippen LogP contribution in [0, 0.1) is 6.92 Å². The van der Waals surface area contributed by atoms with Crippen molar-refractivity contribution in [1.82, 2.24) is 4.57 Å². The quantitative estimate of drug-likeness (QED) is 0.714. The molecule has 0 amide bonds. The Hall–Kier alpha value is -2.81. The van der Waals surface area contributed by atoms with Gasteiger partial charge >= 0.3 is 0 Å². The number of aliphatic imine (C=N–C) groups is 1. The van der Waals surface area contributed by atoms with E-state index in [0.29, 0.717) is 0 Å². The van der Waals surface area contributed by atoms with Gasteiger partial charge in [0, 0.05) is 11.4 Å². The Labute approximate surface area is 123 Å². The van der Waals surface area contributed by atoms with Gasteiger partial charge in [-0.05, 0) is 55.5 Å². The SMILES string of the molecule is Cc1ccc(C=Nc2ccc(O)cc2)n1-c1ccccc1. The third-order valence-corrected chi connectivity index (χ3v) is 3.32. The highest BCUT2D eigenvalue weighted by Gasteiger charge is 2.04. The first-order chi connectivity index (χ1) is 10.2. The molecule has 0 fully saturated rings. The number of aromatic nitrogens is 1. The highest BCUT2D eigenvalue weighted by molar-refractivity contribution is 5.81. The molecule has 3 nitrogen and oxygen atoms in total. The topological polar surface area (TPSA) is 37.5 Å². The van der Waals surface area contributed by atoms with Gasteiger partial charge in [0.1, 0.15) is 5.75 Å². The summed E-state index contributed by atoms with van der Waals surface area (Å²) in [5, 5.41) is 9.28. The molecule has 21 heavy (non-hydrogen) atoms.